The van der Waals surface area contributed by atoms with Crippen molar-refractivity contribution in [1.29, 1.82) is 0 Å². The summed E-state index contributed by atoms with van der Waals surface area (Å²) >= 11 is 0. The topological polar surface area (TPSA) is 64.4 Å². The number of rotatable bonds is 5. The van der Waals surface area contributed by atoms with E-state index in [-0.39, 0.29) is 12.5 Å². The van der Waals surface area contributed by atoms with Crippen molar-refractivity contribution in [3.8, 4) is 17.2 Å². The second kappa shape index (κ2) is 7.80. The molecule has 1 aromatic heterocycles. The highest BCUT2D eigenvalue weighted by Gasteiger charge is 2.12. The molecule has 0 aliphatic carbocycles. The van der Waals surface area contributed by atoms with E-state index in [1.165, 1.54) is 0 Å². The third kappa shape index (κ3) is 4.29. The maximum absolute atomic E-state index is 12.3. The van der Waals surface area contributed by atoms with Crippen LogP contribution < -0.4 is 10.1 Å². The molecule has 0 saturated heterocycles. The van der Waals surface area contributed by atoms with Crippen molar-refractivity contribution >= 4 is 22.7 Å². The van der Waals surface area contributed by atoms with E-state index < -0.39 is 0 Å². The Balaban J connectivity index is 1.48. The number of benzene rings is 3. The van der Waals surface area contributed by atoms with Crippen molar-refractivity contribution < 1.29 is 13.9 Å². The summed E-state index contributed by atoms with van der Waals surface area (Å²) in [5.74, 6) is 0.972. The largest absolute Gasteiger partial charge is 0.484 e. The summed E-state index contributed by atoms with van der Waals surface area (Å²) in [6.07, 6.45) is 0. The molecule has 4 aromatic rings. The normalized spacial score (nSPS) is 10.9. The molecule has 0 atom stereocenters. The minimum atomic E-state index is -0.229. The molecule has 0 unspecified atom stereocenters. The van der Waals surface area contributed by atoms with Gasteiger partial charge in [0.25, 0.3) is 5.91 Å². The number of ether oxygens (including phenoxy) is 1. The van der Waals surface area contributed by atoms with Crippen LogP contribution in [0.4, 0.5) is 5.69 Å². The van der Waals surface area contributed by atoms with E-state index in [1.54, 1.807) is 0 Å². The number of aromatic nitrogens is 1. The van der Waals surface area contributed by atoms with Crippen molar-refractivity contribution in [3.05, 3.63) is 77.4 Å². The monoisotopic (exact) mass is 386 g/mol. The molecule has 0 aliphatic heterocycles. The summed E-state index contributed by atoms with van der Waals surface area (Å²) in [5.41, 5.74) is 6.36. The summed E-state index contributed by atoms with van der Waals surface area (Å²) in [7, 11) is 0. The van der Waals surface area contributed by atoms with E-state index >= 15 is 0 Å². The van der Waals surface area contributed by atoms with Crippen molar-refractivity contribution in [2.75, 3.05) is 11.9 Å². The molecule has 0 radical (unpaired) electrons. The van der Waals surface area contributed by atoms with Crippen LogP contribution in [-0.2, 0) is 4.79 Å². The van der Waals surface area contributed by atoms with Gasteiger partial charge in [-0.15, -0.1) is 0 Å². The van der Waals surface area contributed by atoms with Gasteiger partial charge in [-0.05, 0) is 73.9 Å². The first-order chi connectivity index (χ1) is 14.0. The molecule has 0 spiro atoms. The molecule has 1 N–H and O–H groups in total. The number of nitrogens with one attached hydrogen (secondary N) is 1. The number of aryl methyl sites for hydroxylation is 3. The summed E-state index contributed by atoms with van der Waals surface area (Å²) in [4.78, 5) is 16.9. The Morgan fingerprint density at radius 3 is 2.66 bits per heavy atom. The van der Waals surface area contributed by atoms with Crippen molar-refractivity contribution in [1.82, 2.24) is 4.98 Å². The SMILES string of the molecule is Cc1cccc(OCC(=O)Nc2cccc(-c3nc4cc(C)cc(C)c4o3)c2)c1. The van der Waals surface area contributed by atoms with E-state index in [0.717, 1.165) is 33.4 Å². The molecule has 29 heavy (non-hydrogen) atoms. The average Bonchev–Trinajstić information content (AvgIpc) is 3.11. The number of amides is 1. The third-order valence-corrected chi connectivity index (χ3v) is 4.57. The van der Waals surface area contributed by atoms with Crippen LogP contribution in [0.2, 0.25) is 0 Å². The molecule has 146 valence electrons. The van der Waals surface area contributed by atoms with Gasteiger partial charge in [-0.1, -0.05) is 24.3 Å². The Kier molecular flexibility index (Phi) is 5.04. The van der Waals surface area contributed by atoms with Gasteiger partial charge in [0.2, 0.25) is 5.89 Å². The fourth-order valence-electron chi connectivity index (χ4n) is 3.28. The minimum absolute atomic E-state index is 0.0605. The van der Waals surface area contributed by atoms with Crippen LogP contribution >= 0.6 is 0 Å². The van der Waals surface area contributed by atoms with E-state index in [2.05, 4.69) is 16.4 Å². The van der Waals surface area contributed by atoms with Crippen LogP contribution in [0.15, 0.2) is 65.1 Å². The highest BCUT2D eigenvalue weighted by atomic mass is 16.5. The number of hydrogen-bond donors (Lipinski definition) is 1. The Hall–Kier alpha value is -3.60. The van der Waals surface area contributed by atoms with E-state index in [0.29, 0.717) is 17.3 Å². The Morgan fingerprint density at radius 2 is 1.83 bits per heavy atom. The Labute approximate surface area is 169 Å². The number of anilines is 1. The lowest BCUT2D eigenvalue weighted by atomic mass is 10.1. The van der Waals surface area contributed by atoms with Gasteiger partial charge in [-0.25, -0.2) is 4.98 Å². The van der Waals surface area contributed by atoms with Crippen LogP contribution in [0.1, 0.15) is 16.7 Å². The molecule has 1 amide bonds. The van der Waals surface area contributed by atoms with Crippen molar-refractivity contribution in [3.63, 3.8) is 0 Å². The Bertz CT molecular complexity index is 1190. The molecular formula is C24H22N2O3. The van der Waals surface area contributed by atoms with Gasteiger partial charge < -0.3 is 14.5 Å². The van der Waals surface area contributed by atoms with Gasteiger partial charge in [0.05, 0.1) is 0 Å². The van der Waals surface area contributed by atoms with E-state index in [4.69, 9.17) is 9.15 Å². The smallest absolute Gasteiger partial charge is 0.262 e. The molecule has 1 heterocycles. The second-order valence-corrected chi connectivity index (χ2v) is 7.18. The van der Waals surface area contributed by atoms with Crippen LogP contribution in [0.5, 0.6) is 5.75 Å². The average molecular weight is 386 g/mol. The minimum Gasteiger partial charge on any atom is -0.484 e. The zero-order valence-electron chi connectivity index (χ0n) is 16.7. The summed E-state index contributed by atoms with van der Waals surface area (Å²) in [6.45, 7) is 5.97. The second-order valence-electron chi connectivity index (χ2n) is 7.18. The zero-order valence-corrected chi connectivity index (χ0v) is 16.7. The first-order valence-corrected chi connectivity index (χ1v) is 9.45. The van der Waals surface area contributed by atoms with Gasteiger partial charge in [-0.3, -0.25) is 4.79 Å². The highest BCUT2D eigenvalue weighted by molar-refractivity contribution is 5.92. The van der Waals surface area contributed by atoms with Gasteiger partial charge >= 0.3 is 0 Å². The summed E-state index contributed by atoms with van der Waals surface area (Å²) in [6, 6.07) is 19.1. The maximum Gasteiger partial charge on any atom is 0.262 e. The van der Waals surface area contributed by atoms with Gasteiger partial charge in [0, 0.05) is 11.3 Å². The van der Waals surface area contributed by atoms with Gasteiger partial charge in [0.15, 0.2) is 12.2 Å². The summed E-state index contributed by atoms with van der Waals surface area (Å²) < 4.78 is 11.5. The quantitative estimate of drug-likeness (QED) is 0.496. The van der Waals surface area contributed by atoms with E-state index in [1.807, 2.05) is 75.4 Å². The molecule has 3 aromatic carbocycles. The molecule has 0 saturated carbocycles. The van der Waals surface area contributed by atoms with E-state index in [9.17, 15) is 4.79 Å². The first-order valence-electron chi connectivity index (χ1n) is 9.45. The number of carbonyl (C=O) groups excluding carboxylic acids is 1. The van der Waals surface area contributed by atoms with Gasteiger partial charge in [0.1, 0.15) is 11.3 Å². The maximum atomic E-state index is 12.3. The lowest BCUT2D eigenvalue weighted by molar-refractivity contribution is -0.118. The lowest BCUT2D eigenvalue weighted by Gasteiger charge is -2.08. The predicted octanol–water partition coefficient (Wildman–Crippen LogP) is 5.44. The molecule has 0 bridgehead atoms. The predicted molar refractivity (Wildman–Crippen MR) is 114 cm³/mol. The molecule has 5 nitrogen and oxygen atoms in total. The number of oxazole rings is 1. The number of nitrogens with zero attached hydrogens (tertiary/aromatic N) is 1. The van der Waals surface area contributed by atoms with Crippen LogP contribution in [0.25, 0.3) is 22.6 Å². The molecule has 0 fully saturated rings. The molecule has 0 aliphatic rings. The highest BCUT2D eigenvalue weighted by Crippen LogP contribution is 2.28. The number of fused-ring (bicyclic) bond motifs is 1. The number of hydrogen-bond acceptors (Lipinski definition) is 4. The molecule has 5 heteroatoms. The number of carbonyl (C=O) groups is 1. The van der Waals surface area contributed by atoms with Crippen LogP contribution in [0.3, 0.4) is 0 Å². The molecular weight excluding hydrogens is 364 g/mol. The Morgan fingerprint density at radius 1 is 1.00 bits per heavy atom. The molecule has 4 rings (SSSR count). The van der Waals surface area contributed by atoms with Crippen LogP contribution in [-0.4, -0.2) is 17.5 Å². The lowest BCUT2D eigenvalue weighted by Crippen LogP contribution is -2.20. The van der Waals surface area contributed by atoms with Crippen LogP contribution in [0, 0.1) is 20.8 Å². The zero-order chi connectivity index (χ0) is 20.4. The van der Waals surface area contributed by atoms with Crippen molar-refractivity contribution in [2.45, 2.75) is 20.8 Å². The fraction of sp³-hybridized carbons (Fsp3) is 0.167. The van der Waals surface area contributed by atoms with Gasteiger partial charge in [-0.2, -0.15) is 0 Å². The summed E-state index contributed by atoms with van der Waals surface area (Å²) in [5, 5.41) is 2.86. The first kappa shape index (κ1) is 18.7. The fourth-order valence-corrected chi connectivity index (χ4v) is 3.28. The standard InChI is InChI=1S/C24H22N2O3/c1-15-6-4-9-20(11-15)28-14-22(27)25-19-8-5-7-18(13-19)24-26-21-12-16(2)10-17(3)23(21)29-24/h4-13H,14H2,1-3H3,(H,25,27). The van der Waals surface area contributed by atoms with Crippen molar-refractivity contribution in [2.24, 2.45) is 0 Å². The third-order valence-electron chi connectivity index (χ3n) is 4.57.